The van der Waals surface area contributed by atoms with Crippen LogP contribution >= 0.6 is 0 Å². The number of hydrogen-bond donors (Lipinski definition) is 0. The average molecular weight is 466 g/mol. The third kappa shape index (κ3) is 3.35. The number of likely N-dealkylation sites (N-methyl/N-ethyl adjacent to an activating group) is 1. The van der Waals surface area contributed by atoms with Crippen molar-refractivity contribution in [1.29, 1.82) is 0 Å². The number of ketones is 1. The van der Waals surface area contributed by atoms with Crippen LogP contribution in [0, 0.1) is 0 Å². The Hall–Kier alpha value is -3.93. The quantitative estimate of drug-likeness (QED) is 0.333. The van der Waals surface area contributed by atoms with E-state index in [4.69, 9.17) is 0 Å². The van der Waals surface area contributed by atoms with Crippen LogP contribution in [0.5, 0.6) is 0 Å². The van der Waals surface area contributed by atoms with Crippen LogP contribution in [-0.4, -0.2) is 40.9 Å². The van der Waals surface area contributed by atoms with Crippen molar-refractivity contribution in [3.05, 3.63) is 96.3 Å². The van der Waals surface area contributed by atoms with Gasteiger partial charge < -0.3 is 9.80 Å². The number of aromatic nitrogens is 2. The first-order valence-electron chi connectivity index (χ1n) is 12.1. The lowest BCUT2D eigenvalue weighted by Gasteiger charge is -2.34. The van der Waals surface area contributed by atoms with Gasteiger partial charge in [0, 0.05) is 30.3 Å². The van der Waals surface area contributed by atoms with Gasteiger partial charge in [0.15, 0.2) is 24.1 Å². The van der Waals surface area contributed by atoms with Gasteiger partial charge in [-0.2, -0.15) is 0 Å². The third-order valence-electron chi connectivity index (χ3n) is 7.82. The molecule has 2 atom stereocenters. The van der Waals surface area contributed by atoms with Gasteiger partial charge in [-0.1, -0.05) is 67.6 Å². The van der Waals surface area contributed by atoms with Gasteiger partial charge in [-0.05, 0) is 30.2 Å². The van der Waals surface area contributed by atoms with Crippen LogP contribution in [0.3, 0.4) is 0 Å². The summed E-state index contributed by atoms with van der Waals surface area (Å²) in [5.41, 5.74) is 5.05. The zero-order valence-electron chi connectivity index (χ0n) is 20.1. The first kappa shape index (κ1) is 21.6. The molecule has 0 bridgehead atoms. The van der Waals surface area contributed by atoms with Gasteiger partial charge in [-0.25, -0.2) is 9.13 Å². The standard InChI is InChI=1S/C29H29N4O2/c1-29-16-17-33(28(29)30(2)23-13-7-6-12-22(23)29)27(35)19-32-20-31(24-14-8-9-15-25(24)32)18-26(34)21-10-4-3-5-11-21/h3-15,20,28H,16-19H2,1-2H3/q+1. The lowest BCUT2D eigenvalue weighted by Crippen LogP contribution is -2.50. The zero-order valence-corrected chi connectivity index (χ0v) is 20.1. The number of carbonyl (C=O) groups excluding carboxylic acids is 2. The van der Waals surface area contributed by atoms with Gasteiger partial charge in [-0.3, -0.25) is 9.59 Å². The lowest BCUT2D eigenvalue weighted by atomic mass is 9.81. The highest BCUT2D eigenvalue weighted by Crippen LogP contribution is 2.51. The lowest BCUT2D eigenvalue weighted by molar-refractivity contribution is -0.657. The summed E-state index contributed by atoms with van der Waals surface area (Å²) in [5.74, 6) is 0.145. The van der Waals surface area contributed by atoms with E-state index in [1.165, 1.54) is 11.3 Å². The van der Waals surface area contributed by atoms with Crippen LogP contribution in [-0.2, 0) is 23.3 Å². The summed E-state index contributed by atoms with van der Waals surface area (Å²) in [6, 6.07) is 25.8. The molecule has 6 nitrogen and oxygen atoms in total. The summed E-state index contributed by atoms with van der Waals surface area (Å²) in [7, 11) is 2.09. The van der Waals surface area contributed by atoms with Crippen molar-refractivity contribution < 1.29 is 14.2 Å². The molecule has 3 heterocycles. The van der Waals surface area contributed by atoms with Crippen LogP contribution in [0.15, 0.2) is 85.2 Å². The van der Waals surface area contributed by atoms with Crippen LogP contribution in [0.2, 0.25) is 0 Å². The van der Waals surface area contributed by atoms with Gasteiger partial charge in [0.1, 0.15) is 6.17 Å². The predicted octanol–water partition coefficient (Wildman–Crippen LogP) is 3.78. The van der Waals surface area contributed by atoms with Crippen molar-refractivity contribution in [1.82, 2.24) is 9.47 Å². The summed E-state index contributed by atoms with van der Waals surface area (Å²) in [4.78, 5) is 30.9. The monoisotopic (exact) mass is 465 g/mol. The summed E-state index contributed by atoms with van der Waals surface area (Å²) in [6.45, 7) is 3.49. The molecule has 3 aromatic carbocycles. The third-order valence-corrected chi connectivity index (χ3v) is 7.82. The topological polar surface area (TPSA) is 49.4 Å². The summed E-state index contributed by atoms with van der Waals surface area (Å²) >= 11 is 0. The van der Waals surface area contributed by atoms with E-state index in [1.54, 1.807) is 0 Å². The van der Waals surface area contributed by atoms with Crippen molar-refractivity contribution in [3.63, 3.8) is 0 Å². The molecule has 0 radical (unpaired) electrons. The molecule has 4 aromatic rings. The number of benzene rings is 3. The second-order valence-corrected chi connectivity index (χ2v) is 9.91. The van der Waals surface area contributed by atoms with E-state index < -0.39 is 0 Å². The molecular weight excluding hydrogens is 436 g/mol. The predicted molar refractivity (Wildman–Crippen MR) is 135 cm³/mol. The van der Waals surface area contributed by atoms with E-state index in [9.17, 15) is 9.59 Å². The largest absolute Gasteiger partial charge is 0.353 e. The van der Waals surface area contributed by atoms with Crippen LogP contribution in [0.4, 0.5) is 5.69 Å². The Labute approximate surface area is 205 Å². The molecule has 2 aliphatic rings. The highest BCUT2D eigenvalue weighted by atomic mass is 16.2. The molecule has 2 aliphatic heterocycles. The SMILES string of the molecule is CN1c2ccccc2C2(C)CCN(C(=O)Cn3c[n+](CC(=O)c4ccccc4)c4ccccc43)C12. The number of rotatable bonds is 5. The Morgan fingerprint density at radius 3 is 2.51 bits per heavy atom. The van der Waals surface area contributed by atoms with Crippen LogP contribution in [0.1, 0.15) is 29.3 Å². The summed E-state index contributed by atoms with van der Waals surface area (Å²) < 4.78 is 3.93. The number of para-hydroxylation sites is 3. The van der Waals surface area contributed by atoms with Crippen molar-refractivity contribution >= 4 is 28.4 Å². The zero-order chi connectivity index (χ0) is 24.2. The molecule has 0 spiro atoms. The fraction of sp³-hybridized carbons (Fsp3) is 0.276. The van der Waals surface area contributed by atoms with Gasteiger partial charge in [0.2, 0.25) is 12.1 Å². The molecule has 1 amide bonds. The number of hydrogen-bond acceptors (Lipinski definition) is 3. The number of fused-ring (bicyclic) bond motifs is 4. The number of imidazole rings is 1. The Kier molecular flexibility index (Phi) is 4.99. The van der Waals surface area contributed by atoms with Gasteiger partial charge in [0.05, 0.1) is 0 Å². The Morgan fingerprint density at radius 1 is 0.971 bits per heavy atom. The smallest absolute Gasteiger partial charge is 0.266 e. The second kappa shape index (κ2) is 8.08. The van der Waals surface area contributed by atoms with E-state index in [-0.39, 0.29) is 36.4 Å². The highest BCUT2D eigenvalue weighted by molar-refractivity contribution is 5.95. The number of Topliss-reactive ketones (excluding diaryl/α,β-unsaturated/α-hetero) is 1. The maximum absolute atomic E-state index is 13.7. The highest BCUT2D eigenvalue weighted by Gasteiger charge is 2.54. The fourth-order valence-corrected chi connectivity index (χ4v) is 6.12. The normalized spacial score (nSPS) is 20.8. The molecule has 0 aliphatic carbocycles. The Bertz CT molecular complexity index is 1440. The molecule has 1 fully saturated rings. The maximum Gasteiger partial charge on any atom is 0.266 e. The minimum Gasteiger partial charge on any atom is -0.353 e. The molecule has 6 heteroatoms. The van der Waals surface area contributed by atoms with E-state index in [1.807, 2.05) is 75.0 Å². The van der Waals surface area contributed by atoms with Crippen molar-refractivity contribution in [3.8, 4) is 0 Å². The van der Waals surface area contributed by atoms with Crippen LogP contribution < -0.4 is 9.47 Å². The number of nitrogens with zero attached hydrogens (tertiary/aromatic N) is 4. The molecule has 0 saturated carbocycles. The van der Waals surface area contributed by atoms with Crippen LogP contribution in [0.25, 0.3) is 11.0 Å². The molecule has 35 heavy (non-hydrogen) atoms. The molecule has 176 valence electrons. The molecular formula is C29H29N4O2+. The van der Waals surface area contributed by atoms with E-state index in [0.29, 0.717) is 5.56 Å². The fourth-order valence-electron chi connectivity index (χ4n) is 6.12. The van der Waals surface area contributed by atoms with E-state index in [2.05, 4.69) is 43.1 Å². The minimum absolute atomic E-state index is 0.0148. The maximum atomic E-state index is 13.7. The van der Waals surface area contributed by atoms with E-state index >= 15 is 0 Å². The number of carbonyl (C=O) groups is 2. The first-order valence-corrected chi connectivity index (χ1v) is 12.1. The minimum atomic E-state index is -0.0677. The Morgan fingerprint density at radius 2 is 1.69 bits per heavy atom. The van der Waals surface area contributed by atoms with E-state index in [0.717, 1.165) is 24.0 Å². The summed E-state index contributed by atoms with van der Waals surface area (Å²) in [5, 5.41) is 0. The van der Waals surface area contributed by atoms with Crippen molar-refractivity contribution in [2.75, 3.05) is 18.5 Å². The second-order valence-electron chi connectivity index (χ2n) is 9.91. The van der Waals surface area contributed by atoms with Crippen molar-refractivity contribution in [2.45, 2.75) is 38.0 Å². The summed E-state index contributed by atoms with van der Waals surface area (Å²) in [6.07, 6.45) is 2.87. The van der Waals surface area contributed by atoms with Gasteiger partial charge in [0.25, 0.3) is 5.91 Å². The molecule has 6 rings (SSSR count). The molecule has 1 aromatic heterocycles. The first-order chi connectivity index (χ1) is 17.0. The Balaban J connectivity index is 1.28. The molecule has 0 N–H and O–H groups in total. The number of anilines is 1. The van der Waals surface area contributed by atoms with Gasteiger partial charge >= 0.3 is 0 Å². The van der Waals surface area contributed by atoms with Crippen molar-refractivity contribution in [2.24, 2.45) is 0 Å². The average Bonchev–Trinajstić information content (AvgIpc) is 3.49. The molecule has 1 saturated heterocycles. The van der Waals surface area contributed by atoms with Gasteiger partial charge in [-0.15, -0.1) is 0 Å². The molecule has 2 unspecified atom stereocenters. The number of likely N-dealkylation sites (tertiary alicyclic amines) is 1. The number of amides is 1.